The summed E-state index contributed by atoms with van der Waals surface area (Å²) in [5, 5.41) is 0.961. The van der Waals surface area contributed by atoms with Crippen LogP contribution in [0, 0.1) is 5.92 Å². The number of carbonyl (C=O) groups excluding carboxylic acids is 1. The fourth-order valence-electron chi connectivity index (χ4n) is 4.31. The summed E-state index contributed by atoms with van der Waals surface area (Å²) in [6.45, 7) is 0. The molecule has 28 heavy (non-hydrogen) atoms. The predicted molar refractivity (Wildman–Crippen MR) is 119 cm³/mol. The highest BCUT2D eigenvalue weighted by molar-refractivity contribution is 9.10. The molecular formula is C19H22BrClN2O3S2. The molecule has 1 aromatic carbocycles. The largest absolute Gasteiger partial charge is 0.314 e. The molecule has 0 N–H and O–H groups in total. The summed E-state index contributed by atoms with van der Waals surface area (Å²) in [6, 6.07) is 5.24. The first-order valence-corrected chi connectivity index (χ1v) is 13.4. The maximum absolute atomic E-state index is 12.5. The molecule has 2 aliphatic heterocycles. The van der Waals surface area contributed by atoms with Crippen LogP contribution in [0.25, 0.3) is 0 Å². The summed E-state index contributed by atoms with van der Waals surface area (Å²) in [5.41, 5.74) is 0.698. The molecule has 0 spiro atoms. The quantitative estimate of drug-likeness (QED) is 0.595. The van der Waals surface area contributed by atoms with Crippen LogP contribution in [0.2, 0.25) is 5.02 Å². The van der Waals surface area contributed by atoms with Crippen LogP contribution < -0.4 is 4.90 Å². The van der Waals surface area contributed by atoms with E-state index in [9.17, 15) is 13.2 Å². The topological polar surface area (TPSA) is 66.8 Å². The Kier molecular flexibility index (Phi) is 6.12. The minimum atomic E-state index is -3.10. The summed E-state index contributed by atoms with van der Waals surface area (Å²) < 4.78 is 25.1. The van der Waals surface area contributed by atoms with Gasteiger partial charge in [-0.15, -0.1) is 0 Å². The molecule has 3 aliphatic rings. The van der Waals surface area contributed by atoms with Crippen molar-refractivity contribution in [3.8, 4) is 0 Å². The van der Waals surface area contributed by atoms with Crippen LogP contribution in [0.4, 0.5) is 5.69 Å². The molecule has 3 fully saturated rings. The monoisotopic (exact) mass is 504 g/mol. The maximum Gasteiger partial charge on any atom is 0.248 e. The lowest BCUT2D eigenvalue weighted by molar-refractivity contribution is -0.118. The standard InChI is InChI=1S/C19H22BrClN2O3S2/c20-13-6-7-15(14(21)9-13)23-16-10-28(25,26)11-17(16)27-19(23)22-18(24)8-5-12-3-1-2-4-12/h6-7,9,12,16-17H,1-5,8,10-11H2. The van der Waals surface area contributed by atoms with E-state index in [1.807, 2.05) is 17.0 Å². The molecule has 0 radical (unpaired) electrons. The fourth-order valence-corrected chi connectivity index (χ4v) is 9.00. The Balaban J connectivity index is 1.58. The van der Waals surface area contributed by atoms with Gasteiger partial charge in [-0.05, 0) is 30.5 Å². The summed E-state index contributed by atoms with van der Waals surface area (Å²) in [4.78, 5) is 18.8. The Morgan fingerprint density at radius 1 is 1.29 bits per heavy atom. The Hall–Kier alpha value is -0.570. The van der Waals surface area contributed by atoms with Crippen LogP contribution in [-0.2, 0) is 14.6 Å². The fraction of sp³-hybridized carbons (Fsp3) is 0.579. The second kappa shape index (κ2) is 8.28. The first kappa shape index (κ1) is 20.7. The summed E-state index contributed by atoms with van der Waals surface area (Å²) in [6.07, 6.45) is 6.28. The van der Waals surface area contributed by atoms with Crippen LogP contribution in [-0.4, -0.2) is 42.3 Å². The number of anilines is 1. The van der Waals surface area contributed by atoms with Crippen LogP contribution in [0.15, 0.2) is 27.7 Å². The van der Waals surface area contributed by atoms with Crippen LogP contribution >= 0.6 is 39.3 Å². The Labute approximate surface area is 183 Å². The lowest BCUT2D eigenvalue weighted by atomic mass is 10.0. The summed E-state index contributed by atoms with van der Waals surface area (Å²) in [5.74, 6) is 0.687. The zero-order chi connectivity index (χ0) is 19.9. The number of thioether (sulfide) groups is 1. The summed E-state index contributed by atoms with van der Waals surface area (Å²) >= 11 is 11.2. The van der Waals surface area contributed by atoms with Gasteiger partial charge in [-0.25, -0.2) is 8.42 Å². The highest BCUT2D eigenvalue weighted by Gasteiger charge is 2.49. The number of rotatable bonds is 4. The molecule has 1 aliphatic carbocycles. The molecule has 9 heteroatoms. The predicted octanol–water partition coefficient (Wildman–Crippen LogP) is 4.67. The van der Waals surface area contributed by atoms with E-state index in [-0.39, 0.29) is 28.7 Å². The van der Waals surface area contributed by atoms with Crippen molar-refractivity contribution in [3.63, 3.8) is 0 Å². The highest BCUT2D eigenvalue weighted by Crippen LogP contribution is 2.43. The molecule has 0 bridgehead atoms. The van der Waals surface area contributed by atoms with Gasteiger partial charge in [0.2, 0.25) is 5.91 Å². The van der Waals surface area contributed by atoms with E-state index in [0.29, 0.717) is 28.2 Å². The summed E-state index contributed by atoms with van der Waals surface area (Å²) in [7, 11) is -3.10. The van der Waals surface area contributed by atoms with Gasteiger partial charge in [0.15, 0.2) is 15.0 Å². The molecule has 1 aromatic rings. The molecule has 2 unspecified atom stereocenters. The second-order valence-electron chi connectivity index (χ2n) is 7.74. The average Bonchev–Trinajstić information content (AvgIpc) is 3.29. The molecular weight excluding hydrogens is 484 g/mol. The highest BCUT2D eigenvalue weighted by atomic mass is 79.9. The van der Waals surface area contributed by atoms with Gasteiger partial charge in [0.25, 0.3) is 0 Å². The second-order valence-corrected chi connectivity index (χ2v) is 12.4. The number of hydrogen-bond acceptors (Lipinski definition) is 4. The number of nitrogens with zero attached hydrogens (tertiary/aromatic N) is 2. The smallest absolute Gasteiger partial charge is 0.248 e. The normalized spacial score (nSPS) is 28.2. The molecule has 2 saturated heterocycles. The third-order valence-electron chi connectivity index (χ3n) is 5.70. The molecule has 2 atom stereocenters. The first-order valence-electron chi connectivity index (χ1n) is 9.55. The molecule has 1 amide bonds. The van der Waals surface area contributed by atoms with Crippen molar-refractivity contribution in [1.82, 2.24) is 0 Å². The van der Waals surface area contributed by atoms with Gasteiger partial charge in [-0.2, -0.15) is 4.99 Å². The molecule has 1 saturated carbocycles. The van der Waals surface area contributed by atoms with E-state index >= 15 is 0 Å². The van der Waals surface area contributed by atoms with E-state index in [0.717, 1.165) is 10.9 Å². The number of halogens is 2. The lowest BCUT2D eigenvalue weighted by Crippen LogP contribution is -2.37. The van der Waals surface area contributed by atoms with Gasteiger partial charge in [0, 0.05) is 16.1 Å². The van der Waals surface area contributed by atoms with Gasteiger partial charge in [-0.1, -0.05) is 65.0 Å². The van der Waals surface area contributed by atoms with Gasteiger partial charge in [0.1, 0.15) is 0 Å². The van der Waals surface area contributed by atoms with E-state index in [2.05, 4.69) is 20.9 Å². The first-order chi connectivity index (χ1) is 13.3. The number of fused-ring (bicyclic) bond motifs is 1. The molecule has 2 heterocycles. The van der Waals surface area contributed by atoms with Crippen molar-refractivity contribution in [3.05, 3.63) is 27.7 Å². The number of amides is 1. The Morgan fingerprint density at radius 3 is 2.75 bits per heavy atom. The molecule has 0 aromatic heterocycles. The number of amidine groups is 1. The number of sulfone groups is 1. The average molecular weight is 506 g/mol. The number of benzene rings is 1. The third kappa shape index (κ3) is 4.45. The van der Waals surface area contributed by atoms with Gasteiger partial charge >= 0.3 is 0 Å². The van der Waals surface area contributed by atoms with Crippen molar-refractivity contribution in [2.75, 3.05) is 16.4 Å². The van der Waals surface area contributed by atoms with Crippen LogP contribution in [0.1, 0.15) is 38.5 Å². The molecule has 5 nitrogen and oxygen atoms in total. The van der Waals surface area contributed by atoms with Crippen LogP contribution in [0.3, 0.4) is 0 Å². The Bertz CT molecular complexity index is 916. The van der Waals surface area contributed by atoms with E-state index in [1.165, 1.54) is 37.4 Å². The number of aliphatic imine (C=N–C) groups is 1. The van der Waals surface area contributed by atoms with Crippen molar-refractivity contribution >= 4 is 65.9 Å². The Morgan fingerprint density at radius 2 is 2.04 bits per heavy atom. The van der Waals surface area contributed by atoms with E-state index in [1.54, 1.807) is 6.07 Å². The van der Waals surface area contributed by atoms with Crippen molar-refractivity contribution in [2.24, 2.45) is 10.9 Å². The molecule has 152 valence electrons. The minimum Gasteiger partial charge on any atom is -0.314 e. The molecule has 4 rings (SSSR count). The van der Waals surface area contributed by atoms with Crippen molar-refractivity contribution in [2.45, 2.75) is 49.8 Å². The maximum atomic E-state index is 12.5. The van der Waals surface area contributed by atoms with Gasteiger partial charge in [0.05, 0.1) is 28.3 Å². The van der Waals surface area contributed by atoms with Gasteiger partial charge < -0.3 is 4.90 Å². The van der Waals surface area contributed by atoms with Crippen molar-refractivity contribution < 1.29 is 13.2 Å². The SMILES string of the molecule is O=C(CCC1CCCC1)N=C1SC2CS(=O)(=O)CC2N1c1ccc(Br)cc1Cl. The van der Waals surface area contributed by atoms with E-state index < -0.39 is 9.84 Å². The number of carbonyl (C=O) groups is 1. The number of hydrogen-bond donors (Lipinski definition) is 0. The van der Waals surface area contributed by atoms with E-state index in [4.69, 9.17) is 11.6 Å². The lowest BCUT2D eigenvalue weighted by Gasteiger charge is -2.25. The minimum absolute atomic E-state index is 0.0618. The zero-order valence-electron chi connectivity index (χ0n) is 15.3. The van der Waals surface area contributed by atoms with Crippen LogP contribution in [0.5, 0.6) is 0 Å². The third-order valence-corrected chi connectivity index (χ3v) is 9.70. The zero-order valence-corrected chi connectivity index (χ0v) is 19.3. The van der Waals surface area contributed by atoms with Gasteiger partial charge in [-0.3, -0.25) is 4.79 Å². The van der Waals surface area contributed by atoms with Crippen molar-refractivity contribution in [1.29, 1.82) is 0 Å².